The number of ether oxygens (including phenoxy) is 3. The van der Waals surface area contributed by atoms with Crippen LogP contribution in [-0.2, 0) is 12.0 Å². The Morgan fingerprint density at radius 3 is 2.61 bits per heavy atom. The van der Waals surface area contributed by atoms with Gasteiger partial charge >= 0.3 is 0 Å². The van der Waals surface area contributed by atoms with Gasteiger partial charge in [0.15, 0.2) is 0 Å². The number of allylic oxidation sites excluding steroid dienone is 2. The van der Waals surface area contributed by atoms with Gasteiger partial charge in [-0.15, -0.1) is 0 Å². The number of carbonyl (C=O) groups is 1. The summed E-state index contributed by atoms with van der Waals surface area (Å²) < 4.78 is 16.4. The Morgan fingerprint density at radius 2 is 1.93 bits per heavy atom. The van der Waals surface area contributed by atoms with Crippen molar-refractivity contribution < 1.29 is 34.3 Å². The van der Waals surface area contributed by atoms with Crippen LogP contribution in [0.25, 0.3) is 0 Å². The number of rotatable bonds is 3. The zero-order chi connectivity index (χ0) is 20.2. The first-order valence-electron chi connectivity index (χ1n) is 8.77. The van der Waals surface area contributed by atoms with E-state index in [0.29, 0.717) is 5.75 Å². The highest BCUT2D eigenvalue weighted by Crippen LogP contribution is 2.52. The minimum atomic E-state index is -2.11. The minimum Gasteiger partial charge on any atom is -0.507 e. The normalized spacial score (nSPS) is 21.7. The Bertz CT molecular complexity index is 1020. The van der Waals surface area contributed by atoms with Gasteiger partial charge in [0.05, 0.1) is 7.11 Å². The molecule has 7 nitrogen and oxygen atoms in total. The molecule has 2 aliphatic heterocycles. The van der Waals surface area contributed by atoms with Crippen LogP contribution in [0, 0.1) is 0 Å². The molecule has 0 radical (unpaired) electrons. The van der Waals surface area contributed by atoms with Gasteiger partial charge in [-0.1, -0.05) is 11.6 Å². The third kappa shape index (κ3) is 2.43. The van der Waals surface area contributed by atoms with Crippen molar-refractivity contribution in [2.24, 2.45) is 0 Å². The standard InChI is InChI=1S/C21H20O7/c1-10(2)4-6-12-14(22)9-16-17(18(12)23)19(24)21(25)13-7-5-11(26-3)8-15(13)27-20(21)28-16/h4-5,7-9,20,22-23,25H,6H2,1-3H3. The predicted molar refractivity (Wildman–Crippen MR) is 99.2 cm³/mol. The summed E-state index contributed by atoms with van der Waals surface area (Å²) in [7, 11) is 1.49. The molecule has 2 atom stereocenters. The van der Waals surface area contributed by atoms with Crippen LogP contribution in [0.1, 0.15) is 35.3 Å². The fourth-order valence-corrected chi connectivity index (χ4v) is 3.51. The van der Waals surface area contributed by atoms with E-state index in [4.69, 9.17) is 14.2 Å². The maximum Gasteiger partial charge on any atom is 0.281 e. The van der Waals surface area contributed by atoms with Gasteiger partial charge in [0.2, 0.25) is 11.4 Å². The van der Waals surface area contributed by atoms with Crippen molar-refractivity contribution in [1.29, 1.82) is 0 Å². The van der Waals surface area contributed by atoms with Crippen LogP contribution in [0.2, 0.25) is 0 Å². The van der Waals surface area contributed by atoms with Crippen LogP contribution >= 0.6 is 0 Å². The monoisotopic (exact) mass is 384 g/mol. The number of methoxy groups -OCH3 is 1. The average molecular weight is 384 g/mol. The molecule has 0 aromatic heterocycles. The number of benzene rings is 2. The quantitative estimate of drug-likeness (QED) is 0.699. The summed E-state index contributed by atoms with van der Waals surface area (Å²) >= 11 is 0. The lowest BCUT2D eigenvalue weighted by molar-refractivity contribution is -0.118. The largest absolute Gasteiger partial charge is 0.507 e. The molecule has 0 saturated heterocycles. The van der Waals surface area contributed by atoms with E-state index in [-0.39, 0.29) is 40.4 Å². The first kappa shape index (κ1) is 18.2. The molecule has 0 spiro atoms. The van der Waals surface area contributed by atoms with Gasteiger partial charge in [0.1, 0.15) is 34.3 Å². The topological polar surface area (TPSA) is 105 Å². The fourth-order valence-electron chi connectivity index (χ4n) is 3.51. The number of carbonyl (C=O) groups excluding carboxylic acids is 1. The first-order valence-corrected chi connectivity index (χ1v) is 8.77. The second-order valence-corrected chi connectivity index (χ2v) is 7.11. The summed E-state index contributed by atoms with van der Waals surface area (Å²) in [5.41, 5.74) is -0.887. The zero-order valence-corrected chi connectivity index (χ0v) is 15.6. The average Bonchev–Trinajstić information content (AvgIpc) is 2.93. The number of phenols is 2. The molecule has 4 rings (SSSR count). The lowest BCUT2D eigenvalue weighted by Crippen LogP contribution is -2.51. The predicted octanol–water partition coefficient (Wildman–Crippen LogP) is 2.80. The molecule has 146 valence electrons. The van der Waals surface area contributed by atoms with E-state index in [1.54, 1.807) is 12.1 Å². The number of fused-ring (bicyclic) bond motifs is 4. The number of ketones is 1. The summed E-state index contributed by atoms with van der Waals surface area (Å²) in [6.45, 7) is 3.77. The van der Waals surface area contributed by atoms with Crippen LogP contribution in [0.4, 0.5) is 0 Å². The van der Waals surface area contributed by atoms with E-state index in [2.05, 4.69) is 0 Å². The van der Waals surface area contributed by atoms with Gasteiger partial charge in [-0.25, -0.2) is 0 Å². The first-order chi connectivity index (χ1) is 13.3. The van der Waals surface area contributed by atoms with Crippen LogP contribution in [0.3, 0.4) is 0 Å². The number of aromatic hydroxyl groups is 2. The van der Waals surface area contributed by atoms with Crippen molar-refractivity contribution in [3.63, 3.8) is 0 Å². The third-order valence-corrected chi connectivity index (χ3v) is 5.04. The molecule has 28 heavy (non-hydrogen) atoms. The van der Waals surface area contributed by atoms with Crippen molar-refractivity contribution in [3.05, 3.63) is 52.6 Å². The molecule has 0 amide bonds. The van der Waals surface area contributed by atoms with Crippen LogP contribution < -0.4 is 14.2 Å². The second kappa shape index (κ2) is 6.17. The molecule has 3 N–H and O–H groups in total. The van der Waals surface area contributed by atoms with E-state index >= 15 is 0 Å². The number of hydrogen-bond donors (Lipinski definition) is 3. The van der Waals surface area contributed by atoms with Crippen molar-refractivity contribution in [2.45, 2.75) is 32.2 Å². The van der Waals surface area contributed by atoms with Crippen LogP contribution in [0.15, 0.2) is 35.9 Å². The molecule has 2 aromatic rings. The minimum absolute atomic E-state index is 0.0459. The lowest BCUT2D eigenvalue weighted by Gasteiger charge is -2.33. The molecular weight excluding hydrogens is 364 g/mol. The van der Waals surface area contributed by atoms with Crippen molar-refractivity contribution in [1.82, 2.24) is 0 Å². The maximum absolute atomic E-state index is 13.3. The Hall–Kier alpha value is -3.19. The molecule has 0 saturated carbocycles. The molecule has 7 heteroatoms. The SMILES string of the molecule is COc1ccc2c(c1)OC1Oc3cc(O)c(CC=C(C)C)c(O)c3C(=O)C21O. The number of Topliss-reactive ketones (excluding diaryl/α,β-unsaturated/α-hetero) is 1. The van der Waals surface area contributed by atoms with Crippen LogP contribution in [0.5, 0.6) is 28.7 Å². The Morgan fingerprint density at radius 1 is 1.21 bits per heavy atom. The summed E-state index contributed by atoms with van der Waals surface area (Å²) in [4.78, 5) is 13.3. The van der Waals surface area contributed by atoms with Crippen molar-refractivity contribution in [3.8, 4) is 28.7 Å². The van der Waals surface area contributed by atoms with Gasteiger partial charge in [-0.3, -0.25) is 4.79 Å². The summed E-state index contributed by atoms with van der Waals surface area (Å²) in [5, 5.41) is 32.2. The highest BCUT2D eigenvalue weighted by Gasteiger charge is 2.60. The van der Waals surface area contributed by atoms with E-state index in [1.165, 1.54) is 19.2 Å². The Kier molecular flexibility index (Phi) is 4.01. The third-order valence-electron chi connectivity index (χ3n) is 5.04. The van der Waals surface area contributed by atoms with E-state index in [0.717, 1.165) is 5.57 Å². The molecule has 2 aromatic carbocycles. The van der Waals surface area contributed by atoms with Gasteiger partial charge in [0, 0.05) is 23.3 Å². The molecular formula is C21H20O7. The van der Waals surface area contributed by atoms with Crippen LogP contribution in [-0.4, -0.2) is 34.5 Å². The Labute approximate surface area is 161 Å². The van der Waals surface area contributed by atoms with E-state index in [1.807, 2.05) is 19.9 Å². The number of phenolic OH excluding ortho intramolecular Hbond substituents is 2. The fraction of sp³-hybridized carbons (Fsp3) is 0.286. The van der Waals surface area contributed by atoms with Gasteiger partial charge in [-0.05, 0) is 32.4 Å². The van der Waals surface area contributed by atoms with Gasteiger partial charge < -0.3 is 29.5 Å². The van der Waals surface area contributed by atoms with E-state index < -0.39 is 23.4 Å². The smallest absolute Gasteiger partial charge is 0.281 e. The molecule has 0 fully saturated rings. The Balaban J connectivity index is 1.85. The molecule has 2 heterocycles. The summed E-state index contributed by atoms with van der Waals surface area (Å²) in [5.74, 6) is -0.665. The van der Waals surface area contributed by atoms with E-state index in [9.17, 15) is 20.1 Å². The molecule has 2 unspecified atom stereocenters. The number of hydrogen-bond acceptors (Lipinski definition) is 7. The van der Waals surface area contributed by atoms with Gasteiger partial charge in [-0.2, -0.15) is 0 Å². The summed E-state index contributed by atoms with van der Waals surface area (Å²) in [6, 6.07) is 5.93. The van der Waals surface area contributed by atoms with Crippen molar-refractivity contribution in [2.75, 3.05) is 7.11 Å². The number of aliphatic hydroxyl groups is 1. The summed E-state index contributed by atoms with van der Waals surface area (Å²) in [6.07, 6.45) is 0.705. The highest BCUT2D eigenvalue weighted by molar-refractivity contribution is 6.09. The van der Waals surface area contributed by atoms with Gasteiger partial charge in [0.25, 0.3) is 6.29 Å². The molecule has 0 bridgehead atoms. The maximum atomic E-state index is 13.3. The highest BCUT2D eigenvalue weighted by atomic mass is 16.7. The molecule has 0 aliphatic carbocycles. The van der Waals surface area contributed by atoms with Crippen molar-refractivity contribution >= 4 is 5.78 Å². The lowest BCUT2D eigenvalue weighted by atomic mass is 9.83. The second-order valence-electron chi connectivity index (χ2n) is 7.11. The molecule has 2 aliphatic rings. The zero-order valence-electron chi connectivity index (χ0n) is 15.6.